The quantitative estimate of drug-likeness (QED) is 0.627. The van der Waals surface area contributed by atoms with Crippen LogP contribution in [0.2, 0.25) is 0 Å². The molecular weight excluding hydrogens is 423 g/mol. The van der Waals surface area contributed by atoms with Gasteiger partial charge in [0.2, 0.25) is 5.91 Å². The molecule has 0 bridgehead atoms. The topological polar surface area (TPSA) is 87.9 Å². The van der Waals surface area contributed by atoms with Crippen molar-refractivity contribution < 1.29 is 23.2 Å². The van der Waals surface area contributed by atoms with Crippen LogP contribution in [-0.4, -0.2) is 66.6 Å². The molecule has 8 nitrogen and oxygen atoms in total. The summed E-state index contributed by atoms with van der Waals surface area (Å²) < 4.78 is 25.3. The first kappa shape index (κ1) is 21.4. The number of hydrogen-bond donors (Lipinski definition) is 1. The molecule has 0 saturated carbocycles. The number of piperazine rings is 1. The van der Waals surface area contributed by atoms with Crippen molar-refractivity contribution in [3.63, 3.8) is 0 Å². The molecular formula is C21H23FN4O4S. The average molecular weight is 447 g/mol. The maximum absolute atomic E-state index is 14.4. The van der Waals surface area contributed by atoms with Crippen LogP contribution in [0.5, 0.6) is 0 Å². The normalized spacial score (nSPS) is 14.9. The Bertz CT molecular complexity index is 1100. The number of nitrogens with one attached hydrogen (secondary N) is 1. The summed E-state index contributed by atoms with van der Waals surface area (Å²) in [4.78, 5) is 29.6. The molecule has 31 heavy (non-hydrogen) atoms. The summed E-state index contributed by atoms with van der Waals surface area (Å²) in [6.45, 7) is 4.23. The second kappa shape index (κ2) is 9.13. The van der Waals surface area contributed by atoms with E-state index in [2.05, 4.69) is 10.5 Å². The molecule has 1 saturated heterocycles. The van der Waals surface area contributed by atoms with E-state index >= 15 is 0 Å². The van der Waals surface area contributed by atoms with Gasteiger partial charge in [0.1, 0.15) is 11.6 Å². The molecule has 0 radical (unpaired) electrons. The third-order valence-electron chi connectivity index (χ3n) is 5.17. The number of hydrogen-bond acceptors (Lipinski definition) is 7. The number of thiophene rings is 1. The number of anilines is 1. The summed E-state index contributed by atoms with van der Waals surface area (Å²) in [5.41, 5.74) is 0.593. The van der Waals surface area contributed by atoms with Crippen LogP contribution in [0.4, 0.5) is 10.2 Å². The largest absolute Gasteiger partial charge is 0.380 e. The zero-order valence-corrected chi connectivity index (χ0v) is 18.1. The summed E-state index contributed by atoms with van der Waals surface area (Å²) in [7, 11) is 1.53. The van der Waals surface area contributed by atoms with Gasteiger partial charge in [0.15, 0.2) is 5.82 Å². The molecule has 0 spiro atoms. The van der Waals surface area contributed by atoms with Gasteiger partial charge in [-0.2, -0.15) is 0 Å². The zero-order chi connectivity index (χ0) is 22.0. The highest BCUT2D eigenvalue weighted by molar-refractivity contribution is 7.21. The maximum atomic E-state index is 14.4. The number of methoxy groups -OCH3 is 1. The van der Waals surface area contributed by atoms with Crippen LogP contribution in [-0.2, 0) is 16.1 Å². The van der Waals surface area contributed by atoms with E-state index in [-0.39, 0.29) is 30.8 Å². The second-order valence-electron chi connectivity index (χ2n) is 7.40. The number of benzene rings is 1. The van der Waals surface area contributed by atoms with Gasteiger partial charge in [-0.1, -0.05) is 11.2 Å². The van der Waals surface area contributed by atoms with Crippen LogP contribution in [0.1, 0.15) is 21.0 Å². The molecule has 1 N–H and O–H groups in total. The molecule has 3 heterocycles. The molecule has 164 valence electrons. The standard InChI is InChI=1S/C21H23FN4O4S/c1-13-10-17(24-30-13)23-18(27)11-25-6-8-26(9-7-25)21(28)20-14(12-29-2)19-15(22)4-3-5-16(19)31-20/h3-5,10H,6-9,11-12H2,1-2H3,(H,23,24,27). The Kier molecular flexibility index (Phi) is 6.30. The minimum atomic E-state index is -0.349. The number of nitrogens with zero attached hydrogens (tertiary/aromatic N) is 3. The number of rotatable bonds is 6. The lowest BCUT2D eigenvalue weighted by Gasteiger charge is -2.34. The van der Waals surface area contributed by atoms with Crippen LogP contribution in [0, 0.1) is 12.7 Å². The van der Waals surface area contributed by atoms with E-state index in [9.17, 15) is 14.0 Å². The molecule has 1 aromatic carbocycles. The third-order valence-corrected chi connectivity index (χ3v) is 6.35. The molecule has 1 aliphatic rings. The van der Waals surface area contributed by atoms with E-state index in [1.54, 1.807) is 24.0 Å². The molecule has 3 aromatic rings. The van der Waals surface area contributed by atoms with Crippen molar-refractivity contribution in [3.8, 4) is 0 Å². The lowest BCUT2D eigenvalue weighted by atomic mass is 10.1. The van der Waals surface area contributed by atoms with Crippen LogP contribution in [0.15, 0.2) is 28.8 Å². The molecule has 0 aliphatic carbocycles. The van der Waals surface area contributed by atoms with Gasteiger partial charge in [-0.15, -0.1) is 11.3 Å². The fourth-order valence-electron chi connectivity index (χ4n) is 3.69. The number of aromatic nitrogens is 1. The zero-order valence-electron chi connectivity index (χ0n) is 17.3. The van der Waals surface area contributed by atoms with Gasteiger partial charge in [0, 0.05) is 55.0 Å². The predicted molar refractivity (Wildman–Crippen MR) is 115 cm³/mol. The smallest absolute Gasteiger partial charge is 0.264 e. The van der Waals surface area contributed by atoms with E-state index in [1.165, 1.54) is 24.5 Å². The Morgan fingerprint density at radius 2 is 2.06 bits per heavy atom. The van der Waals surface area contributed by atoms with Gasteiger partial charge in [-0.25, -0.2) is 4.39 Å². The summed E-state index contributed by atoms with van der Waals surface area (Å²) in [6.07, 6.45) is 0. The van der Waals surface area contributed by atoms with Crippen LogP contribution in [0.25, 0.3) is 10.1 Å². The Balaban J connectivity index is 1.40. The summed E-state index contributed by atoms with van der Waals surface area (Å²) in [5.74, 6) is 0.346. The molecule has 10 heteroatoms. The van der Waals surface area contributed by atoms with E-state index < -0.39 is 0 Å². The van der Waals surface area contributed by atoms with E-state index in [0.29, 0.717) is 53.6 Å². The van der Waals surface area contributed by atoms with E-state index in [1.807, 2.05) is 11.0 Å². The van der Waals surface area contributed by atoms with E-state index in [0.717, 1.165) is 4.70 Å². The first-order valence-corrected chi connectivity index (χ1v) is 10.7. The molecule has 0 unspecified atom stereocenters. The number of halogens is 1. The average Bonchev–Trinajstić information content (AvgIpc) is 3.32. The molecule has 4 rings (SSSR count). The molecule has 1 aliphatic heterocycles. The minimum Gasteiger partial charge on any atom is -0.380 e. The molecule has 1 fully saturated rings. The van der Waals surface area contributed by atoms with Gasteiger partial charge in [0.25, 0.3) is 5.91 Å². The summed E-state index contributed by atoms with van der Waals surface area (Å²) in [6, 6.07) is 6.50. The predicted octanol–water partition coefficient (Wildman–Crippen LogP) is 2.88. The second-order valence-corrected chi connectivity index (χ2v) is 8.45. The van der Waals surface area contributed by atoms with Crippen LogP contribution in [0.3, 0.4) is 0 Å². The highest BCUT2D eigenvalue weighted by atomic mass is 32.1. The first-order valence-electron chi connectivity index (χ1n) is 9.90. The van der Waals surface area contributed by atoms with Crippen molar-refractivity contribution in [2.45, 2.75) is 13.5 Å². The molecule has 0 atom stereocenters. The van der Waals surface area contributed by atoms with Crippen molar-refractivity contribution in [1.29, 1.82) is 0 Å². The van der Waals surface area contributed by atoms with Gasteiger partial charge in [0.05, 0.1) is 18.0 Å². The van der Waals surface area contributed by atoms with Crippen molar-refractivity contribution in [2.75, 3.05) is 45.2 Å². The van der Waals surface area contributed by atoms with Crippen LogP contribution >= 0.6 is 11.3 Å². The lowest BCUT2D eigenvalue weighted by molar-refractivity contribution is -0.117. The number of ether oxygens (including phenoxy) is 1. The fraction of sp³-hybridized carbons (Fsp3) is 0.381. The third kappa shape index (κ3) is 4.60. The van der Waals surface area contributed by atoms with Crippen molar-refractivity contribution in [1.82, 2.24) is 15.0 Å². The first-order chi connectivity index (χ1) is 15.0. The monoisotopic (exact) mass is 446 g/mol. The Labute approximate surface area is 182 Å². The number of aryl methyl sites for hydroxylation is 1. The van der Waals surface area contributed by atoms with Crippen molar-refractivity contribution in [3.05, 3.63) is 46.3 Å². The Morgan fingerprint density at radius 3 is 2.74 bits per heavy atom. The lowest BCUT2D eigenvalue weighted by Crippen LogP contribution is -2.50. The summed E-state index contributed by atoms with van der Waals surface area (Å²) >= 11 is 1.29. The highest BCUT2D eigenvalue weighted by Gasteiger charge is 2.28. The number of amides is 2. The van der Waals surface area contributed by atoms with Gasteiger partial charge < -0.3 is 19.5 Å². The Hall–Kier alpha value is -2.82. The molecule has 2 aromatic heterocycles. The SMILES string of the molecule is COCc1c(C(=O)N2CCN(CC(=O)Nc3cc(C)on3)CC2)sc2cccc(F)c12. The van der Waals surface area contributed by atoms with Crippen LogP contribution < -0.4 is 5.32 Å². The highest BCUT2D eigenvalue weighted by Crippen LogP contribution is 2.34. The molecule has 2 amide bonds. The number of carbonyl (C=O) groups is 2. The fourth-order valence-corrected chi connectivity index (χ4v) is 4.88. The van der Waals surface area contributed by atoms with Gasteiger partial charge in [-0.05, 0) is 19.1 Å². The number of carbonyl (C=O) groups excluding carboxylic acids is 2. The van der Waals surface area contributed by atoms with Gasteiger partial charge in [-0.3, -0.25) is 14.5 Å². The van der Waals surface area contributed by atoms with Crippen molar-refractivity contribution in [2.24, 2.45) is 0 Å². The number of fused-ring (bicyclic) bond motifs is 1. The minimum absolute atomic E-state index is 0.130. The summed E-state index contributed by atoms with van der Waals surface area (Å²) in [5, 5.41) is 6.90. The Morgan fingerprint density at radius 1 is 1.29 bits per heavy atom. The van der Waals surface area contributed by atoms with Gasteiger partial charge >= 0.3 is 0 Å². The van der Waals surface area contributed by atoms with E-state index in [4.69, 9.17) is 9.26 Å². The van der Waals surface area contributed by atoms with Crippen molar-refractivity contribution >= 4 is 39.1 Å². The maximum Gasteiger partial charge on any atom is 0.264 e.